The van der Waals surface area contributed by atoms with Crippen molar-refractivity contribution in [1.82, 2.24) is 4.31 Å². The number of hydrogen-bond donors (Lipinski definition) is 0. The maximum Gasteiger partial charge on any atom is 0.315 e. The van der Waals surface area contributed by atoms with E-state index < -0.39 is 27.6 Å². The van der Waals surface area contributed by atoms with Crippen LogP contribution >= 0.6 is 0 Å². The molecule has 2 saturated heterocycles. The molecule has 136 valence electrons. The minimum atomic E-state index is -3.75. The Kier molecular flexibility index (Phi) is 3.93. The molecule has 2 aromatic rings. The van der Waals surface area contributed by atoms with Crippen LogP contribution in [0.5, 0.6) is 0 Å². The zero-order chi connectivity index (χ0) is 18.5. The van der Waals surface area contributed by atoms with E-state index in [-0.39, 0.29) is 17.4 Å². The van der Waals surface area contributed by atoms with Gasteiger partial charge in [-0.1, -0.05) is 55.0 Å². The average Bonchev–Trinajstić information content (AvgIpc) is 2.92. The summed E-state index contributed by atoms with van der Waals surface area (Å²) in [5.41, 5.74) is 1.09. The molecule has 0 saturated carbocycles. The van der Waals surface area contributed by atoms with E-state index in [1.807, 2.05) is 44.2 Å². The first-order valence-corrected chi connectivity index (χ1v) is 10.2. The van der Waals surface area contributed by atoms with Gasteiger partial charge in [0.05, 0.1) is 17.5 Å². The Hall–Kier alpha value is -2.18. The van der Waals surface area contributed by atoms with E-state index in [1.54, 1.807) is 24.3 Å². The van der Waals surface area contributed by atoms with Crippen molar-refractivity contribution in [2.75, 3.05) is 6.54 Å². The van der Waals surface area contributed by atoms with Crippen molar-refractivity contribution in [3.05, 3.63) is 65.7 Å². The number of ether oxygens (including phenoxy) is 1. The third-order valence-corrected chi connectivity index (χ3v) is 7.38. The van der Waals surface area contributed by atoms with Crippen molar-refractivity contribution in [1.29, 1.82) is 0 Å². The summed E-state index contributed by atoms with van der Waals surface area (Å²) < 4.78 is 33.7. The van der Waals surface area contributed by atoms with Crippen molar-refractivity contribution in [2.45, 2.75) is 36.8 Å². The first kappa shape index (κ1) is 17.2. The number of hydrogen-bond acceptors (Lipinski definition) is 4. The molecule has 4 rings (SSSR count). The number of sulfonamides is 1. The lowest BCUT2D eigenvalue weighted by molar-refractivity contribution is -0.205. The number of aryl methyl sites for hydroxylation is 1. The number of benzene rings is 2. The lowest BCUT2D eigenvalue weighted by Gasteiger charge is -2.43. The Morgan fingerprint density at radius 3 is 2.35 bits per heavy atom. The Labute approximate surface area is 153 Å². The van der Waals surface area contributed by atoms with Gasteiger partial charge in [0.1, 0.15) is 11.5 Å². The highest BCUT2D eigenvalue weighted by Gasteiger charge is 2.68. The van der Waals surface area contributed by atoms with E-state index in [0.29, 0.717) is 6.42 Å². The summed E-state index contributed by atoms with van der Waals surface area (Å²) in [4.78, 5) is 12.5. The number of carbonyl (C=O) groups excluding carboxylic acids is 1. The predicted molar refractivity (Wildman–Crippen MR) is 96.9 cm³/mol. The summed E-state index contributed by atoms with van der Waals surface area (Å²) in [6.45, 7) is 4.04. The SMILES string of the molecule is CC[C@]12CN(S(=O)(=O)c3ccc(C)cc3)[C@H](c3ccccc3)[C@H]1C(=O)O2. The van der Waals surface area contributed by atoms with E-state index in [1.165, 1.54) is 4.31 Å². The zero-order valence-electron chi connectivity index (χ0n) is 14.8. The highest BCUT2D eigenvalue weighted by Crippen LogP contribution is 2.55. The van der Waals surface area contributed by atoms with Crippen LogP contribution in [0.1, 0.15) is 30.5 Å². The summed E-state index contributed by atoms with van der Waals surface area (Å²) in [7, 11) is -3.75. The minimum absolute atomic E-state index is 0.190. The largest absolute Gasteiger partial charge is 0.456 e. The van der Waals surface area contributed by atoms with E-state index in [9.17, 15) is 13.2 Å². The van der Waals surface area contributed by atoms with Gasteiger partial charge in [-0.05, 0) is 31.0 Å². The molecule has 2 fully saturated rings. The molecule has 0 aromatic heterocycles. The average molecular weight is 371 g/mol. The standard InChI is InChI=1S/C20H21NO4S/c1-3-20-13-21(26(23,24)16-11-9-14(2)10-12-16)18(17(20)19(22)25-20)15-7-5-4-6-8-15/h4-12,17-18H,3,13H2,1-2H3/t17-,18+,20-/m0/s1. The van der Waals surface area contributed by atoms with Gasteiger partial charge < -0.3 is 4.74 Å². The minimum Gasteiger partial charge on any atom is -0.456 e. The molecule has 2 heterocycles. The highest BCUT2D eigenvalue weighted by atomic mass is 32.2. The Bertz CT molecular complexity index is 940. The molecule has 0 amide bonds. The topological polar surface area (TPSA) is 63.7 Å². The van der Waals surface area contributed by atoms with Crippen LogP contribution in [0, 0.1) is 12.8 Å². The van der Waals surface area contributed by atoms with Crippen molar-refractivity contribution in [3.63, 3.8) is 0 Å². The van der Waals surface area contributed by atoms with Crippen molar-refractivity contribution < 1.29 is 17.9 Å². The van der Waals surface area contributed by atoms with E-state index in [0.717, 1.165) is 11.1 Å². The lowest BCUT2D eigenvalue weighted by Crippen LogP contribution is -2.56. The van der Waals surface area contributed by atoms with Gasteiger partial charge in [0, 0.05) is 0 Å². The van der Waals surface area contributed by atoms with Gasteiger partial charge in [0.15, 0.2) is 0 Å². The van der Waals surface area contributed by atoms with Gasteiger partial charge in [0.2, 0.25) is 10.0 Å². The van der Waals surface area contributed by atoms with Gasteiger partial charge >= 0.3 is 5.97 Å². The Balaban J connectivity index is 1.83. The van der Waals surface area contributed by atoms with Crippen LogP contribution in [-0.2, 0) is 19.6 Å². The quantitative estimate of drug-likeness (QED) is 0.775. The molecule has 5 nitrogen and oxygen atoms in total. The fraction of sp³-hybridized carbons (Fsp3) is 0.350. The number of carbonyl (C=O) groups is 1. The van der Waals surface area contributed by atoms with E-state index in [2.05, 4.69) is 0 Å². The summed E-state index contributed by atoms with van der Waals surface area (Å²) >= 11 is 0. The molecule has 0 aliphatic carbocycles. The molecule has 0 unspecified atom stereocenters. The molecular weight excluding hydrogens is 350 g/mol. The second-order valence-electron chi connectivity index (χ2n) is 7.04. The fourth-order valence-corrected chi connectivity index (χ4v) is 5.73. The predicted octanol–water partition coefficient (Wildman–Crippen LogP) is 3.06. The third-order valence-electron chi connectivity index (χ3n) is 5.54. The number of nitrogens with zero attached hydrogens (tertiary/aromatic N) is 1. The maximum absolute atomic E-state index is 13.4. The highest BCUT2D eigenvalue weighted by molar-refractivity contribution is 7.89. The molecule has 0 radical (unpaired) electrons. The van der Waals surface area contributed by atoms with Crippen LogP contribution < -0.4 is 0 Å². The number of rotatable bonds is 4. The zero-order valence-corrected chi connectivity index (χ0v) is 15.6. The Morgan fingerprint density at radius 2 is 1.77 bits per heavy atom. The molecular formula is C20H21NO4S. The second kappa shape index (κ2) is 5.93. The lowest BCUT2D eigenvalue weighted by atomic mass is 9.77. The van der Waals surface area contributed by atoms with Crippen LogP contribution in [-0.4, -0.2) is 30.8 Å². The van der Waals surface area contributed by atoms with E-state index in [4.69, 9.17) is 4.74 Å². The van der Waals surface area contributed by atoms with Crippen molar-refractivity contribution in [2.24, 2.45) is 5.92 Å². The normalized spacial score (nSPS) is 28.3. The summed E-state index contributed by atoms with van der Waals surface area (Å²) in [6, 6.07) is 15.6. The molecule has 3 atom stereocenters. The fourth-order valence-electron chi connectivity index (χ4n) is 4.05. The first-order valence-electron chi connectivity index (χ1n) is 8.75. The van der Waals surface area contributed by atoms with Crippen LogP contribution in [0.15, 0.2) is 59.5 Å². The van der Waals surface area contributed by atoms with Crippen LogP contribution in [0.3, 0.4) is 0 Å². The maximum atomic E-state index is 13.4. The third kappa shape index (κ3) is 2.40. The molecule has 2 aliphatic heterocycles. The first-order chi connectivity index (χ1) is 12.4. The molecule has 0 N–H and O–H groups in total. The summed E-state index contributed by atoms with van der Waals surface area (Å²) in [6.07, 6.45) is 0.590. The van der Waals surface area contributed by atoms with Gasteiger partial charge in [-0.15, -0.1) is 0 Å². The molecule has 26 heavy (non-hydrogen) atoms. The number of fused-ring (bicyclic) bond motifs is 1. The van der Waals surface area contributed by atoms with Crippen molar-refractivity contribution >= 4 is 16.0 Å². The van der Waals surface area contributed by atoms with Gasteiger partial charge in [-0.25, -0.2) is 8.42 Å². The second-order valence-corrected chi connectivity index (χ2v) is 8.93. The van der Waals surface area contributed by atoms with Gasteiger partial charge in [-0.3, -0.25) is 4.79 Å². The molecule has 6 heteroatoms. The van der Waals surface area contributed by atoms with Crippen LogP contribution in [0.4, 0.5) is 0 Å². The van der Waals surface area contributed by atoms with Crippen LogP contribution in [0.25, 0.3) is 0 Å². The van der Waals surface area contributed by atoms with Crippen molar-refractivity contribution in [3.8, 4) is 0 Å². The molecule has 2 aliphatic rings. The van der Waals surface area contributed by atoms with Gasteiger partial charge in [0.25, 0.3) is 0 Å². The summed E-state index contributed by atoms with van der Waals surface area (Å²) in [5.74, 6) is -0.780. The summed E-state index contributed by atoms with van der Waals surface area (Å²) in [5, 5.41) is 0. The molecule has 0 bridgehead atoms. The molecule has 0 spiro atoms. The number of esters is 1. The van der Waals surface area contributed by atoms with Crippen LogP contribution in [0.2, 0.25) is 0 Å². The van der Waals surface area contributed by atoms with E-state index >= 15 is 0 Å². The Morgan fingerprint density at radius 1 is 1.12 bits per heavy atom. The molecule has 2 aromatic carbocycles. The van der Waals surface area contributed by atoms with Gasteiger partial charge in [-0.2, -0.15) is 4.31 Å². The monoisotopic (exact) mass is 371 g/mol. The smallest absolute Gasteiger partial charge is 0.315 e.